The Morgan fingerprint density at radius 3 is 2.74 bits per heavy atom. The lowest BCUT2D eigenvalue weighted by Crippen LogP contribution is -2.24. The van der Waals surface area contributed by atoms with E-state index in [9.17, 15) is 4.39 Å². The second kappa shape index (κ2) is 4.46. The SMILES string of the molecule is CNCC1(c2nc(-c3ccccc3F)c(C)[nH]2)CC1. The Balaban J connectivity index is 2.01. The number of rotatable bonds is 4. The van der Waals surface area contributed by atoms with Gasteiger partial charge in [-0.05, 0) is 38.9 Å². The third-order valence-electron chi connectivity index (χ3n) is 3.88. The first-order valence-corrected chi connectivity index (χ1v) is 6.63. The smallest absolute Gasteiger partial charge is 0.132 e. The van der Waals surface area contributed by atoms with Crippen LogP contribution in [0.25, 0.3) is 11.3 Å². The van der Waals surface area contributed by atoms with Crippen molar-refractivity contribution in [2.75, 3.05) is 13.6 Å². The van der Waals surface area contributed by atoms with Crippen LogP contribution in [0.4, 0.5) is 4.39 Å². The van der Waals surface area contributed by atoms with E-state index in [2.05, 4.69) is 15.3 Å². The molecule has 0 spiro atoms. The quantitative estimate of drug-likeness (QED) is 0.886. The lowest BCUT2D eigenvalue weighted by molar-refractivity contribution is 0.593. The van der Waals surface area contributed by atoms with Gasteiger partial charge < -0.3 is 10.3 Å². The molecule has 0 saturated heterocycles. The van der Waals surface area contributed by atoms with E-state index in [4.69, 9.17) is 0 Å². The number of H-pyrrole nitrogens is 1. The number of aryl methyl sites for hydroxylation is 1. The fourth-order valence-electron chi connectivity index (χ4n) is 2.61. The zero-order chi connectivity index (χ0) is 13.5. The highest BCUT2D eigenvalue weighted by molar-refractivity contribution is 5.63. The molecule has 0 unspecified atom stereocenters. The highest BCUT2D eigenvalue weighted by Gasteiger charge is 2.46. The molecule has 0 radical (unpaired) electrons. The predicted octanol–water partition coefficient (Wildman–Crippen LogP) is 2.78. The summed E-state index contributed by atoms with van der Waals surface area (Å²) in [5.74, 6) is 0.764. The Morgan fingerprint density at radius 2 is 2.11 bits per heavy atom. The van der Waals surface area contributed by atoms with Crippen molar-refractivity contribution in [3.05, 3.63) is 41.6 Å². The summed E-state index contributed by atoms with van der Waals surface area (Å²) in [6.45, 7) is 2.87. The molecule has 4 heteroatoms. The van der Waals surface area contributed by atoms with E-state index in [0.717, 1.165) is 36.6 Å². The first kappa shape index (κ1) is 12.4. The summed E-state index contributed by atoms with van der Waals surface area (Å²) >= 11 is 0. The number of benzene rings is 1. The molecule has 0 atom stereocenters. The van der Waals surface area contributed by atoms with Gasteiger partial charge in [0.25, 0.3) is 0 Å². The second-order valence-corrected chi connectivity index (χ2v) is 5.35. The second-order valence-electron chi connectivity index (χ2n) is 5.35. The van der Waals surface area contributed by atoms with Crippen molar-refractivity contribution >= 4 is 0 Å². The molecule has 1 saturated carbocycles. The minimum Gasteiger partial charge on any atom is -0.345 e. The molecule has 0 bridgehead atoms. The van der Waals surface area contributed by atoms with Crippen molar-refractivity contribution in [2.45, 2.75) is 25.2 Å². The van der Waals surface area contributed by atoms with E-state index in [-0.39, 0.29) is 11.2 Å². The molecule has 3 rings (SSSR count). The zero-order valence-electron chi connectivity index (χ0n) is 11.3. The van der Waals surface area contributed by atoms with Gasteiger partial charge in [-0.15, -0.1) is 0 Å². The largest absolute Gasteiger partial charge is 0.345 e. The number of nitrogens with zero attached hydrogens (tertiary/aromatic N) is 1. The molecule has 1 aromatic heterocycles. The van der Waals surface area contributed by atoms with Gasteiger partial charge in [-0.25, -0.2) is 9.37 Å². The maximum atomic E-state index is 13.9. The van der Waals surface area contributed by atoms with Crippen LogP contribution in [0.2, 0.25) is 0 Å². The first-order chi connectivity index (χ1) is 9.16. The third kappa shape index (κ3) is 2.06. The topological polar surface area (TPSA) is 40.7 Å². The number of likely N-dealkylation sites (N-methyl/N-ethyl adjacent to an activating group) is 1. The van der Waals surface area contributed by atoms with Crippen LogP contribution < -0.4 is 5.32 Å². The molecule has 1 heterocycles. The summed E-state index contributed by atoms with van der Waals surface area (Å²) in [4.78, 5) is 8.00. The molecular formula is C15H18FN3. The van der Waals surface area contributed by atoms with Gasteiger partial charge >= 0.3 is 0 Å². The van der Waals surface area contributed by atoms with Gasteiger partial charge in [0.05, 0.1) is 5.69 Å². The maximum Gasteiger partial charge on any atom is 0.132 e. The van der Waals surface area contributed by atoms with Gasteiger partial charge in [0.2, 0.25) is 0 Å². The predicted molar refractivity (Wildman–Crippen MR) is 73.6 cm³/mol. The Kier molecular flexibility index (Phi) is 2.90. The van der Waals surface area contributed by atoms with Gasteiger partial charge in [0.15, 0.2) is 0 Å². The average Bonchev–Trinajstić information content (AvgIpc) is 3.07. The minimum absolute atomic E-state index is 0.128. The zero-order valence-corrected chi connectivity index (χ0v) is 11.3. The fourth-order valence-corrected chi connectivity index (χ4v) is 2.61. The molecule has 2 aromatic rings. The normalized spacial score (nSPS) is 16.6. The lowest BCUT2D eigenvalue weighted by Gasteiger charge is -2.10. The van der Waals surface area contributed by atoms with E-state index < -0.39 is 0 Å². The molecule has 1 aliphatic carbocycles. The Hall–Kier alpha value is -1.68. The van der Waals surface area contributed by atoms with Gasteiger partial charge in [-0.3, -0.25) is 0 Å². The van der Waals surface area contributed by atoms with Crippen LogP contribution >= 0.6 is 0 Å². The van der Waals surface area contributed by atoms with E-state index in [1.54, 1.807) is 12.1 Å². The number of aromatic amines is 1. The Labute approximate surface area is 112 Å². The Morgan fingerprint density at radius 1 is 1.37 bits per heavy atom. The summed E-state index contributed by atoms with van der Waals surface area (Å²) in [6.07, 6.45) is 2.27. The molecule has 0 aliphatic heterocycles. The van der Waals surface area contributed by atoms with E-state index in [1.165, 1.54) is 6.07 Å². The number of aromatic nitrogens is 2. The molecule has 0 amide bonds. The third-order valence-corrected chi connectivity index (χ3v) is 3.88. The minimum atomic E-state index is -0.220. The molecule has 1 fully saturated rings. The first-order valence-electron chi connectivity index (χ1n) is 6.63. The number of nitrogens with one attached hydrogen (secondary N) is 2. The lowest BCUT2D eigenvalue weighted by atomic mass is 10.1. The average molecular weight is 259 g/mol. The molecule has 1 aromatic carbocycles. The van der Waals surface area contributed by atoms with Gasteiger partial charge in [-0.2, -0.15) is 0 Å². The summed E-state index contributed by atoms with van der Waals surface area (Å²) < 4.78 is 13.9. The van der Waals surface area contributed by atoms with Crippen LogP contribution in [0.3, 0.4) is 0 Å². The van der Waals surface area contributed by atoms with E-state index in [0.29, 0.717) is 5.56 Å². The number of halogens is 1. The summed E-state index contributed by atoms with van der Waals surface area (Å²) in [6, 6.07) is 6.79. The van der Waals surface area contributed by atoms with Crippen molar-refractivity contribution in [2.24, 2.45) is 0 Å². The Bertz CT molecular complexity index is 599. The van der Waals surface area contributed by atoms with Crippen molar-refractivity contribution in [1.82, 2.24) is 15.3 Å². The van der Waals surface area contributed by atoms with Gasteiger partial charge in [0.1, 0.15) is 11.6 Å². The summed E-state index contributed by atoms with van der Waals surface area (Å²) in [5.41, 5.74) is 2.36. The van der Waals surface area contributed by atoms with Gasteiger partial charge in [0, 0.05) is 23.2 Å². The highest BCUT2D eigenvalue weighted by Crippen LogP contribution is 2.47. The van der Waals surface area contributed by atoms with Crippen molar-refractivity contribution in [1.29, 1.82) is 0 Å². The monoisotopic (exact) mass is 259 g/mol. The standard InChI is InChI=1S/C15H18FN3/c1-10-13(11-5-3-4-6-12(11)16)19-14(18-10)15(7-8-15)9-17-2/h3-6,17H,7-9H2,1-2H3,(H,18,19). The maximum absolute atomic E-state index is 13.9. The van der Waals surface area contributed by atoms with Crippen molar-refractivity contribution in [3.63, 3.8) is 0 Å². The summed E-state index contributed by atoms with van der Waals surface area (Å²) in [5, 5.41) is 3.21. The van der Waals surface area contributed by atoms with Crippen LogP contribution in [0.1, 0.15) is 24.4 Å². The number of hydrogen-bond donors (Lipinski definition) is 2. The fraction of sp³-hybridized carbons (Fsp3) is 0.400. The molecular weight excluding hydrogens is 241 g/mol. The van der Waals surface area contributed by atoms with Crippen LogP contribution in [-0.2, 0) is 5.41 Å². The molecule has 19 heavy (non-hydrogen) atoms. The number of imidazole rings is 1. The van der Waals surface area contributed by atoms with E-state index in [1.807, 2.05) is 20.0 Å². The number of hydrogen-bond acceptors (Lipinski definition) is 2. The van der Waals surface area contributed by atoms with Crippen LogP contribution in [0.15, 0.2) is 24.3 Å². The summed E-state index contributed by atoms with van der Waals surface area (Å²) in [7, 11) is 1.95. The van der Waals surface area contributed by atoms with Crippen molar-refractivity contribution in [3.8, 4) is 11.3 Å². The molecule has 100 valence electrons. The molecule has 2 N–H and O–H groups in total. The van der Waals surface area contributed by atoms with Crippen LogP contribution in [0.5, 0.6) is 0 Å². The van der Waals surface area contributed by atoms with E-state index >= 15 is 0 Å². The van der Waals surface area contributed by atoms with Crippen LogP contribution in [-0.4, -0.2) is 23.6 Å². The van der Waals surface area contributed by atoms with Crippen molar-refractivity contribution < 1.29 is 4.39 Å². The van der Waals surface area contributed by atoms with Crippen LogP contribution in [0, 0.1) is 12.7 Å². The molecule has 1 aliphatic rings. The highest BCUT2D eigenvalue weighted by atomic mass is 19.1. The molecule has 3 nitrogen and oxygen atoms in total. The van der Waals surface area contributed by atoms with Gasteiger partial charge in [-0.1, -0.05) is 12.1 Å².